The number of halogens is 1. The van der Waals surface area contributed by atoms with Gasteiger partial charge in [-0.25, -0.2) is 0 Å². The van der Waals surface area contributed by atoms with Crippen LogP contribution < -0.4 is 5.90 Å². The molecule has 0 amide bonds. The summed E-state index contributed by atoms with van der Waals surface area (Å²) in [5.41, 5.74) is 0. The maximum absolute atomic E-state index is 10.6. The number of carbonyl (C=O) groups is 1. The second kappa shape index (κ2) is 6.83. The molecule has 0 saturated heterocycles. The van der Waals surface area contributed by atoms with Gasteiger partial charge < -0.3 is 4.84 Å². The Labute approximate surface area is 67.3 Å². The Morgan fingerprint density at radius 3 is 2.00 bits per heavy atom. The minimum atomic E-state index is -0.306. The lowest BCUT2D eigenvalue weighted by Crippen LogP contribution is -2.19. The molecule has 0 heterocycles. The molecule has 0 aromatic carbocycles. The summed E-state index contributed by atoms with van der Waals surface area (Å²) in [6, 6.07) is 0. The molecular formula is C6H14ClNO2. The Kier molecular flexibility index (Phi) is 8.48. The minimum absolute atomic E-state index is 0. The van der Waals surface area contributed by atoms with Crippen molar-refractivity contribution in [1.82, 2.24) is 0 Å². The van der Waals surface area contributed by atoms with E-state index < -0.39 is 0 Å². The van der Waals surface area contributed by atoms with E-state index in [1.807, 2.05) is 13.8 Å². The molecule has 0 fully saturated rings. The van der Waals surface area contributed by atoms with Gasteiger partial charge in [0, 0.05) is 0 Å². The predicted octanol–water partition coefficient (Wildman–Crippen LogP) is 1.26. The fraction of sp³-hybridized carbons (Fsp3) is 0.833. The molecule has 0 saturated carbocycles. The molecule has 0 aliphatic carbocycles. The Morgan fingerprint density at radius 1 is 1.50 bits per heavy atom. The van der Waals surface area contributed by atoms with Crippen LogP contribution in [0.1, 0.15) is 26.7 Å². The van der Waals surface area contributed by atoms with E-state index in [2.05, 4.69) is 10.7 Å². The number of hydrogen-bond acceptors (Lipinski definition) is 3. The molecule has 10 heavy (non-hydrogen) atoms. The maximum Gasteiger partial charge on any atom is 0.327 e. The van der Waals surface area contributed by atoms with Gasteiger partial charge in [0.15, 0.2) is 0 Å². The highest BCUT2D eigenvalue weighted by atomic mass is 35.5. The van der Waals surface area contributed by atoms with E-state index in [0.29, 0.717) is 0 Å². The lowest BCUT2D eigenvalue weighted by molar-refractivity contribution is -0.149. The molecule has 0 unspecified atom stereocenters. The highest BCUT2D eigenvalue weighted by Gasteiger charge is 2.13. The van der Waals surface area contributed by atoms with Crippen LogP contribution in [0.3, 0.4) is 0 Å². The van der Waals surface area contributed by atoms with Crippen LogP contribution in [0, 0.1) is 5.92 Å². The average Bonchev–Trinajstić information content (AvgIpc) is 1.90. The molecule has 0 aromatic rings. The Bertz CT molecular complexity index is 93.7. The van der Waals surface area contributed by atoms with Crippen molar-refractivity contribution in [1.29, 1.82) is 0 Å². The summed E-state index contributed by atoms with van der Waals surface area (Å²) >= 11 is 0. The Morgan fingerprint density at radius 2 is 1.90 bits per heavy atom. The standard InChI is InChI=1S/C6H13NO2.ClH/c1-3-5(4-2)6(8)9-7;/h5H,3-4,7H2,1-2H3;1H. The highest BCUT2D eigenvalue weighted by Crippen LogP contribution is 2.07. The van der Waals surface area contributed by atoms with E-state index in [-0.39, 0.29) is 24.3 Å². The van der Waals surface area contributed by atoms with E-state index in [4.69, 9.17) is 0 Å². The van der Waals surface area contributed by atoms with E-state index in [1.165, 1.54) is 0 Å². The summed E-state index contributed by atoms with van der Waals surface area (Å²) in [6.07, 6.45) is 1.60. The van der Waals surface area contributed by atoms with Gasteiger partial charge in [0.2, 0.25) is 0 Å². The molecular weight excluding hydrogens is 154 g/mol. The van der Waals surface area contributed by atoms with Gasteiger partial charge in [-0.3, -0.25) is 4.79 Å². The van der Waals surface area contributed by atoms with Crippen molar-refractivity contribution in [3.63, 3.8) is 0 Å². The molecule has 0 radical (unpaired) electrons. The van der Waals surface area contributed by atoms with Gasteiger partial charge in [-0.15, -0.1) is 12.4 Å². The predicted molar refractivity (Wildman–Crippen MR) is 41.6 cm³/mol. The van der Waals surface area contributed by atoms with E-state index in [1.54, 1.807) is 0 Å². The topological polar surface area (TPSA) is 52.3 Å². The van der Waals surface area contributed by atoms with Crippen molar-refractivity contribution in [3.8, 4) is 0 Å². The third-order valence-electron chi connectivity index (χ3n) is 1.44. The molecule has 0 rings (SSSR count). The fourth-order valence-electron chi connectivity index (χ4n) is 0.718. The van der Waals surface area contributed by atoms with Gasteiger partial charge >= 0.3 is 5.97 Å². The molecule has 0 aromatic heterocycles. The summed E-state index contributed by atoms with van der Waals surface area (Å²) in [4.78, 5) is 14.7. The largest absolute Gasteiger partial charge is 0.373 e. The molecule has 0 aliphatic rings. The smallest absolute Gasteiger partial charge is 0.327 e. The van der Waals surface area contributed by atoms with Gasteiger partial charge in [-0.05, 0) is 12.8 Å². The zero-order valence-electron chi connectivity index (χ0n) is 6.29. The molecule has 2 N–H and O–H groups in total. The lowest BCUT2D eigenvalue weighted by Gasteiger charge is -2.06. The highest BCUT2D eigenvalue weighted by molar-refractivity contribution is 5.85. The molecule has 0 atom stereocenters. The van der Waals surface area contributed by atoms with E-state index in [9.17, 15) is 4.79 Å². The number of rotatable bonds is 3. The Balaban J connectivity index is 0. The molecule has 3 nitrogen and oxygen atoms in total. The first-order valence-corrected chi connectivity index (χ1v) is 3.16. The van der Waals surface area contributed by atoms with Crippen molar-refractivity contribution in [2.24, 2.45) is 11.8 Å². The van der Waals surface area contributed by atoms with Crippen molar-refractivity contribution < 1.29 is 9.63 Å². The summed E-state index contributed by atoms with van der Waals surface area (Å²) in [7, 11) is 0. The van der Waals surface area contributed by atoms with Crippen molar-refractivity contribution in [2.75, 3.05) is 0 Å². The van der Waals surface area contributed by atoms with E-state index >= 15 is 0 Å². The third-order valence-corrected chi connectivity index (χ3v) is 1.44. The zero-order valence-corrected chi connectivity index (χ0v) is 7.11. The maximum atomic E-state index is 10.6. The monoisotopic (exact) mass is 167 g/mol. The van der Waals surface area contributed by atoms with Crippen LogP contribution in [-0.2, 0) is 9.63 Å². The molecule has 4 heteroatoms. The minimum Gasteiger partial charge on any atom is -0.373 e. The molecule has 0 aliphatic heterocycles. The van der Waals surface area contributed by atoms with Gasteiger partial charge in [0.05, 0.1) is 5.92 Å². The van der Waals surface area contributed by atoms with Crippen LogP contribution in [-0.4, -0.2) is 5.97 Å². The number of hydrogen-bond donors (Lipinski definition) is 1. The van der Waals surface area contributed by atoms with Crippen LogP contribution in [0.5, 0.6) is 0 Å². The number of nitrogens with two attached hydrogens (primary N) is 1. The van der Waals surface area contributed by atoms with Crippen LogP contribution >= 0.6 is 12.4 Å². The summed E-state index contributed by atoms with van der Waals surface area (Å²) < 4.78 is 0. The van der Waals surface area contributed by atoms with Gasteiger partial charge in [0.25, 0.3) is 0 Å². The second-order valence-corrected chi connectivity index (χ2v) is 1.95. The fourth-order valence-corrected chi connectivity index (χ4v) is 0.718. The van der Waals surface area contributed by atoms with Gasteiger partial charge in [-0.2, -0.15) is 5.90 Å². The first-order chi connectivity index (χ1) is 4.26. The molecule has 0 bridgehead atoms. The normalized spacial score (nSPS) is 8.80. The summed E-state index contributed by atoms with van der Waals surface area (Å²) in [5.74, 6) is 4.35. The van der Waals surface area contributed by atoms with E-state index in [0.717, 1.165) is 12.8 Å². The second-order valence-electron chi connectivity index (χ2n) is 1.95. The number of carbonyl (C=O) groups excluding carboxylic acids is 1. The Hall–Kier alpha value is -0.280. The summed E-state index contributed by atoms with van der Waals surface area (Å²) in [5, 5.41) is 0. The first-order valence-electron chi connectivity index (χ1n) is 3.16. The SMILES string of the molecule is CCC(CC)C(=O)ON.Cl. The van der Waals surface area contributed by atoms with Crippen molar-refractivity contribution in [3.05, 3.63) is 0 Å². The molecule has 62 valence electrons. The van der Waals surface area contributed by atoms with Crippen molar-refractivity contribution >= 4 is 18.4 Å². The lowest BCUT2D eigenvalue weighted by atomic mass is 10.0. The van der Waals surface area contributed by atoms with Crippen molar-refractivity contribution in [2.45, 2.75) is 26.7 Å². The first kappa shape index (κ1) is 12.4. The molecule has 0 spiro atoms. The van der Waals surface area contributed by atoms with Crippen LogP contribution in [0.4, 0.5) is 0 Å². The summed E-state index contributed by atoms with van der Waals surface area (Å²) in [6.45, 7) is 3.87. The van der Waals surface area contributed by atoms with Gasteiger partial charge in [0.1, 0.15) is 0 Å². The van der Waals surface area contributed by atoms with Crippen LogP contribution in [0.25, 0.3) is 0 Å². The quantitative estimate of drug-likeness (QED) is 0.644. The van der Waals surface area contributed by atoms with Gasteiger partial charge in [-0.1, -0.05) is 13.8 Å². The third kappa shape index (κ3) is 3.69. The van der Waals surface area contributed by atoms with Crippen LogP contribution in [0.15, 0.2) is 0 Å². The van der Waals surface area contributed by atoms with Crippen LogP contribution in [0.2, 0.25) is 0 Å². The zero-order chi connectivity index (χ0) is 7.28. The average molecular weight is 168 g/mol.